The van der Waals surface area contributed by atoms with Gasteiger partial charge in [-0.3, -0.25) is 0 Å². The van der Waals surface area contributed by atoms with Gasteiger partial charge >= 0.3 is 5.97 Å². The maximum Gasteiger partial charge on any atom is 0.339 e. The van der Waals surface area contributed by atoms with Crippen LogP contribution in [-0.4, -0.2) is 26.0 Å². The van der Waals surface area contributed by atoms with Crippen molar-refractivity contribution in [2.24, 2.45) is 0 Å². The van der Waals surface area contributed by atoms with E-state index in [0.717, 1.165) is 22.2 Å². The standard InChI is InChI=1S/C14H11N3O2/c1-8-12(9-4-2-3-5-11(9)17-8)13-10(14(18)19)6-15-7-16-13/h2-7,17H,1H3,(H,18,19). The first-order valence-electron chi connectivity index (χ1n) is 5.79. The summed E-state index contributed by atoms with van der Waals surface area (Å²) in [7, 11) is 0. The van der Waals surface area contributed by atoms with Crippen molar-refractivity contribution in [3.05, 3.63) is 48.0 Å². The summed E-state index contributed by atoms with van der Waals surface area (Å²) in [6, 6.07) is 7.75. The van der Waals surface area contributed by atoms with Crippen LogP contribution in [0.2, 0.25) is 0 Å². The lowest BCUT2D eigenvalue weighted by Crippen LogP contribution is -2.02. The summed E-state index contributed by atoms with van der Waals surface area (Å²) in [5.41, 5.74) is 3.22. The molecule has 2 N–H and O–H groups in total. The lowest BCUT2D eigenvalue weighted by molar-refractivity contribution is 0.0697. The molecule has 5 heteroatoms. The van der Waals surface area contributed by atoms with E-state index in [4.69, 9.17) is 0 Å². The highest BCUT2D eigenvalue weighted by molar-refractivity contribution is 6.02. The van der Waals surface area contributed by atoms with Crippen LogP contribution in [0.25, 0.3) is 22.2 Å². The van der Waals surface area contributed by atoms with E-state index in [1.165, 1.54) is 12.5 Å². The van der Waals surface area contributed by atoms with Gasteiger partial charge < -0.3 is 10.1 Å². The molecule has 0 atom stereocenters. The van der Waals surface area contributed by atoms with Gasteiger partial charge in [0.15, 0.2) is 0 Å². The van der Waals surface area contributed by atoms with E-state index in [1.54, 1.807) is 0 Å². The number of benzene rings is 1. The number of nitrogens with zero attached hydrogens (tertiary/aromatic N) is 2. The number of aryl methyl sites for hydroxylation is 1. The molecule has 0 aliphatic rings. The van der Waals surface area contributed by atoms with E-state index >= 15 is 0 Å². The third-order valence-electron chi connectivity index (χ3n) is 3.07. The molecule has 3 rings (SSSR count). The number of carbonyl (C=O) groups is 1. The summed E-state index contributed by atoms with van der Waals surface area (Å²) in [6.07, 6.45) is 2.69. The number of H-pyrrole nitrogens is 1. The molecule has 0 aliphatic carbocycles. The lowest BCUT2D eigenvalue weighted by Gasteiger charge is -2.04. The Labute approximate surface area is 109 Å². The first-order valence-corrected chi connectivity index (χ1v) is 5.79. The molecule has 0 bridgehead atoms. The Morgan fingerprint density at radius 2 is 2.11 bits per heavy atom. The van der Waals surface area contributed by atoms with Crippen molar-refractivity contribution in [3.8, 4) is 11.3 Å². The van der Waals surface area contributed by atoms with Gasteiger partial charge in [-0.2, -0.15) is 0 Å². The van der Waals surface area contributed by atoms with E-state index in [9.17, 15) is 9.90 Å². The number of carboxylic acids is 1. The van der Waals surface area contributed by atoms with Crippen LogP contribution < -0.4 is 0 Å². The van der Waals surface area contributed by atoms with Crippen molar-refractivity contribution in [2.45, 2.75) is 6.92 Å². The second kappa shape index (κ2) is 4.20. The molecular formula is C14H11N3O2. The van der Waals surface area contributed by atoms with Crippen LogP contribution in [0.15, 0.2) is 36.8 Å². The number of para-hydroxylation sites is 1. The van der Waals surface area contributed by atoms with Crippen LogP contribution in [0, 0.1) is 6.92 Å². The number of aromatic amines is 1. The summed E-state index contributed by atoms with van der Waals surface area (Å²) in [5.74, 6) is -1.03. The molecule has 94 valence electrons. The number of rotatable bonds is 2. The zero-order chi connectivity index (χ0) is 13.4. The number of aromatic nitrogens is 3. The second-order valence-electron chi connectivity index (χ2n) is 4.26. The number of hydrogen-bond donors (Lipinski definition) is 2. The molecule has 5 nitrogen and oxygen atoms in total. The summed E-state index contributed by atoms with van der Waals surface area (Å²) in [4.78, 5) is 22.4. The molecule has 0 fully saturated rings. The quantitative estimate of drug-likeness (QED) is 0.735. The molecule has 0 spiro atoms. The highest BCUT2D eigenvalue weighted by atomic mass is 16.4. The van der Waals surface area contributed by atoms with Gasteiger partial charge in [-0.05, 0) is 13.0 Å². The Morgan fingerprint density at radius 1 is 1.32 bits per heavy atom. The monoisotopic (exact) mass is 253 g/mol. The Morgan fingerprint density at radius 3 is 2.89 bits per heavy atom. The minimum atomic E-state index is -1.03. The Balaban J connectivity index is 2.37. The average molecular weight is 253 g/mol. The average Bonchev–Trinajstić information content (AvgIpc) is 2.74. The van der Waals surface area contributed by atoms with E-state index in [2.05, 4.69) is 15.0 Å². The normalized spacial score (nSPS) is 10.8. The van der Waals surface area contributed by atoms with Gasteiger partial charge in [0.1, 0.15) is 11.9 Å². The molecule has 19 heavy (non-hydrogen) atoms. The minimum Gasteiger partial charge on any atom is -0.478 e. The number of hydrogen-bond acceptors (Lipinski definition) is 3. The Bertz CT molecular complexity index is 777. The fraction of sp³-hybridized carbons (Fsp3) is 0.0714. The number of carboxylic acid groups (broad SMARTS) is 1. The Kier molecular flexibility index (Phi) is 2.52. The molecule has 0 unspecified atom stereocenters. The fourth-order valence-electron chi connectivity index (χ4n) is 2.27. The van der Waals surface area contributed by atoms with Gasteiger partial charge in [-0.25, -0.2) is 14.8 Å². The van der Waals surface area contributed by atoms with Crippen molar-refractivity contribution >= 4 is 16.9 Å². The Hall–Kier alpha value is -2.69. The van der Waals surface area contributed by atoms with Crippen LogP contribution in [-0.2, 0) is 0 Å². The molecule has 0 radical (unpaired) electrons. The fourth-order valence-corrected chi connectivity index (χ4v) is 2.27. The van der Waals surface area contributed by atoms with Gasteiger partial charge in [0.05, 0.1) is 5.69 Å². The predicted octanol–water partition coefficient (Wildman–Crippen LogP) is 2.63. The minimum absolute atomic E-state index is 0.107. The van der Waals surface area contributed by atoms with E-state index in [0.29, 0.717) is 5.69 Å². The molecule has 3 aromatic rings. The van der Waals surface area contributed by atoms with Crippen molar-refractivity contribution in [2.75, 3.05) is 0 Å². The van der Waals surface area contributed by atoms with E-state index in [1.807, 2.05) is 31.2 Å². The topological polar surface area (TPSA) is 78.9 Å². The van der Waals surface area contributed by atoms with E-state index < -0.39 is 5.97 Å². The number of nitrogens with one attached hydrogen (secondary N) is 1. The first-order chi connectivity index (χ1) is 9.18. The maximum atomic E-state index is 11.3. The number of aromatic carboxylic acids is 1. The van der Waals surface area contributed by atoms with Crippen LogP contribution in [0.1, 0.15) is 16.1 Å². The zero-order valence-electron chi connectivity index (χ0n) is 10.2. The van der Waals surface area contributed by atoms with Gasteiger partial charge in [-0.15, -0.1) is 0 Å². The summed E-state index contributed by atoms with van der Waals surface area (Å²) in [5, 5.41) is 10.2. The van der Waals surface area contributed by atoms with Crippen molar-refractivity contribution < 1.29 is 9.90 Å². The summed E-state index contributed by atoms with van der Waals surface area (Å²) >= 11 is 0. The molecular weight excluding hydrogens is 242 g/mol. The third kappa shape index (κ3) is 1.76. The molecule has 2 heterocycles. The van der Waals surface area contributed by atoms with Crippen molar-refractivity contribution in [3.63, 3.8) is 0 Å². The maximum absolute atomic E-state index is 11.3. The van der Waals surface area contributed by atoms with Crippen LogP contribution in [0.4, 0.5) is 0 Å². The molecule has 2 aromatic heterocycles. The molecule has 1 aromatic carbocycles. The van der Waals surface area contributed by atoms with Gasteiger partial charge in [0.2, 0.25) is 0 Å². The molecule has 0 saturated carbocycles. The summed E-state index contributed by atoms with van der Waals surface area (Å²) < 4.78 is 0. The van der Waals surface area contributed by atoms with Gasteiger partial charge in [0, 0.05) is 28.4 Å². The third-order valence-corrected chi connectivity index (χ3v) is 3.07. The smallest absolute Gasteiger partial charge is 0.339 e. The van der Waals surface area contributed by atoms with Crippen LogP contribution in [0.3, 0.4) is 0 Å². The van der Waals surface area contributed by atoms with Crippen LogP contribution in [0.5, 0.6) is 0 Å². The SMILES string of the molecule is Cc1[nH]c2ccccc2c1-c1ncncc1C(=O)O. The van der Waals surface area contributed by atoms with Crippen molar-refractivity contribution in [1.82, 2.24) is 15.0 Å². The van der Waals surface area contributed by atoms with E-state index in [-0.39, 0.29) is 5.56 Å². The molecule has 0 amide bonds. The second-order valence-corrected chi connectivity index (χ2v) is 4.26. The molecule has 0 aliphatic heterocycles. The van der Waals surface area contributed by atoms with Gasteiger partial charge in [0.25, 0.3) is 0 Å². The highest BCUT2D eigenvalue weighted by Gasteiger charge is 2.18. The number of fused-ring (bicyclic) bond motifs is 1. The zero-order valence-corrected chi connectivity index (χ0v) is 10.2. The van der Waals surface area contributed by atoms with Gasteiger partial charge in [-0.1, -0.05) is 18.2 Å². The predicted molar refractivity (Wildman–Crippen MR) is 71.0 cm³/mol. The largest absolute Gasteiger partial charge is 0.478 e. The first kappa shape index (κ1) is 11.4. The van der Waals surface area contributed by atoms with Crippen molar-refractivity contribution in [1.29, 1.82) is 0 Å². The molecule has 0 saturated heterocycles. The highest BCUT2D eigenvalue weighted by Crippen LogP contribution is 2.32. The van der Waals surface area contributed by atoms with Crippen LogP contribution >= 0.6 is 0 Å². The summed E-state index contributed by atoms with van der Waals surface area (Å²) in [6.45, 7) is 1.91. The lowest BCUT2D eigenvalue weighted by atomic mass is 10.0.